The molecule has 1 atom stereocenters. The molecule has 0 aliphatic heterocycles. The van der Waals surface area contributed by atoms with E-state index in [0.717, 1.165) is 16.9 Å². The van der Waals surface area contributed by atoms with E-state index in [1.165, 1.54) is 20.3 Å². The molecule has 6 heteroatoms. The van der Waals surface area contributed by atoms with E-state index in [1.54, 1.807) is 19.2 Å². The van der Waals surface area contributed by atoms with Crippen molar-refractivity contribution in [1.82, 2.24) is 0 Å². The molecule has 6 nitrogen and oxygen atoms in total. The van der Waals surface area contributed by atoms with E-state index in [1.807, 2.05) is 24.3 Å². The number of aryl methyl sites for hydroxylation is 1. The number of esters is 2. The van der Waals surface area contributed by atoms with Crippen molar-refractivity contribution in [3.05, 3.63) is 59.2 Å². The summed E-state index contributed by atoms with van der Waals surface area (Å²) in [6, 6.07) is 12.4. The lowest BCUT2D eigenvalue weighted by molar-refractivity contribution is -0.142. The molecular formula is C21H24O6. The lowest BCUT2D eigenvalue weighted by Crippen LogP contribution is -2.17. The van der Waals surface area contributed by atoms with Crippen molar-refractivity contribution in [2.24, 2.45) is 0 Å². The number of benzene rings is 2. The predicted molar refractivity (Wildman–Crippen MR) is 99.9 cm³/mol. The quantitative estimate of drug-likeness (QED) is 0.718. The Kier molecular flexibility index (Phi) is 7.23. The lowest BCUT2D eigenvalue weighted by Gasteiger charge is -2.18. The average molecular weight is 372 g/mol. The van der Waals surface area contributed by atoms with Crippen LogP contribution in [0.1, 0.15) is 29.0 Å². The number of methoxy groups -OCH3 is 3. The van der Waals surface area contributed by atoms with Crippen LogP contribution in [0.2, 0.25) is 0 Å². The van der Waals surface area contributed by atoms with Crippen molar-refractivity contribution in [2.75, 3.05) is 21.3 Å². The van der Waals surface area contributed by atoms with Crippen molar-refractivity contribution < 1.29 is 28.9 Å². The second-order valence-corrected chi connectivity index (χ2v) is 6.10. The number of ether oxygens (including phenoxy) is 3. The highest BCUT2D eigenvalue weighted by Gasteiger charge is 2.25. The highest BCUT2D eigenvalue weighted by atomic mass is 16.5. The molecule has 144 valence electrons. The third-order valence-electron chi connectivity index (χ3n) is 4.40. The van der Waals surface area contributed by atoms with Crippen molar-refractivity contribution in [1.29, 1.82) is 0 Å². The Labute approximate surface area is 158 Å². The first-order valence-electron chi connectivity index (χ1n) is 8.57. The maximum atomic E-state index is 12.4. The Balaban J connectivity index is 2.28. The van der Waals surface area contributed by atoms with Crippen LogP contribution in [0.15, 0.2) is 42.5 Å². The third kappa shape index (κ3) is 5.48. The molecule has 0 aliphatic carbocycles. The van der Waals surface area contributed by atoms with Gasteiger partial charge in [-0.25, -0.2) is 0 Å². The second kappa shape index (κ2) is 9.62. The Morgan fingerprint density at radius 3 is 2.22 bits per heavy atom. The van der Waals surface area contributed by atoms with Crippen LogP contribution in [0.5, 0.6) is 11.5 Å². The maximum Gasteiger partial charge on any atom is 0.313 e. The average Bonchev–Trinajstić information content (AvgIpc) is 2.71. The van der Waals surface area contributed by atoms with Crippen molar-refractivity contribution >= 4 is 11.9 Å². The summed E-state index contributed by atoms with van der Waals surface area (Å²) in [4.78, 5) is 23.7. The molecule has 2 aromatic rings. The first-order chi connectivity index (χ1) is 13.0. The summed E-state index contributed by atoms with van der Waals surface area (Å²) in [6.07, 6.45) is 1.04. The Morgan fingerprint density at radius 2 is 1.63 bits per heavy atom. The van der Waals surface area contributed by atoms with E-state index in [0.29, 0.717) is 18.4 Å². The Hall–Kier alpha value is -3.02. The number of rotatable bonds is 8. The van der Waals surface area contributed by atoms with Crippen LogP contribution in [0.4, 0.5) is 0 Å². The summed E-state index contributed by atoms with van der Waals surface area (Å²) in [5.41, 5.74) is 2.21. The molecule has 0 radical (unpaired) electrons. The van der Waals surface area contributed by atoms with Gasteiger partial charge in [-0.3, -0.25) is 9.59 Å². The van der Waals surface area contributed by atoms with Gasteiger partial charge in [-0.05, 0) is 42.2 Å². The van der Waals surface area contributed by atoms with E-state index in [4.69, 9.17) is 9.47 Å². The second-order valence-electron chi connectivity index (χ2n) is 6.10. The van der Waals surface area contributed by atoms with E-state index in [-0.39, 0.29) is 18.1 Å². The Bertz CT molecular complexity index is 782. The van der Waals surface area contributed by atoms with Gasteiger partial charge < -0.3 is 19.3 Å². The Morgan fingerprint density at radius 1 is 0.963 bits per heavy atom. The van der Waals surface area contributed by atoms with Gasteiger partial charge in [0, 0.05) is 12.0 Å². The normalized spacial score (nSPS) is 11.5. The molecule has 0 aliphatic rings. The molecule has 0 amide bonds. The molecule has 0 aromatic heterocycles. The molecule has 2 aromatic carbocycles. The number of phenolic OH excluding ortho intramolecular Hbond substituents is 1. The summed E-state index contributed by atoms with van der Waals surface area (Å²) in [5, 5.41) is 10.3. The maximum absolute atomic E-state index is 12.4. The van der Waals surface area contributed by atoms with Gasteiger partial charge >= 0.3 is 11.9 Å². The van der Waals surface area contributed by atoms with Gasteiger partial charge in [0.05, 0.1) is 27.2 Å². The van der Waals surface area contributed by atoms with Crippen LogP contribution >= 0.6 is 0 Å². The van der Waals surface area contributed by atoms with E-state index in [9.17, 15) is 14.7 Å². The number of phenols is 1. The molecule has 0 spiro atoms. The number of hydrogen-bond acceptors (Lipinski definition) is 6. The summed E-state index contributed by atoms with van der Waals surface area (Å²) in [6.45, 7) is 0. The molecule has 27 heavy (non-hydrogen) atoms. The molecule has 0 saturated heterocycles. The van der Waals surface area contributed by atoms with Crippen molar-refractivity contribution in [3.63, 3.8) is 0 Å². The fourth-order valence-corrected chi connectivity index (χ4v) is 2.85. The van der Waals surface area contributed by atoms with Gasteiger partial charge in [0.25, 0.3) is 0 Å². The number of carbonyl (C=O) groups excluding carboxylic acids is 2. The minimum Gasteiger partial charge on any atom is -0.508 e. The summed E-state index contributed by atoms with van der Waals surface area (Å²) < 4.78 is 14.7. The van der Waals surface area contributed by atoms with Gasteiger partial charge in [0.2, 0.25) is 0 Å². The predicted octanol–water partition coefficient (Wildman–Crippen LogP) is 3.01. The van der Waals surface area contributed by atoms with Crippen LogP contribution in [0.3, 0.4) is 0 Å². The zero-order chi connectivity index (χ0) is 19.8. The van der Waals surface area contributed by atoms with Crippen molar-refractivity contribution in [2.45, 2.75) is 25.2 Å². The fourth-order valence-electron chi connectivity index (χ4n) is 2.85. The SMILES string of the molecule is COC(=O)CCc1ccc(O)c(C(Cc2ccc(OC)cc2)C(=O)OC)c1. The minimum atomic E-state index is -0.665. The number of hydrogen-bond donors (Lipinski definition) is 1. The van der Waals surface area contributed by atoms with E-state index < -0.39 is 11.9 Å². The van der Waals surface area contributed by atoms with Gasteiger partial charge in [-0.1, -0.05) is 24.3 Å². The highest BCUT2D eigenvalue weighted by molar-refractivity contribution is 5.79. The molecule has 2 rings (SSSR count). The van der Waals surface area contributed by atoms with Crippen LogP contribution in [0, 0.1) is 0 Å². The number of carbonyl (C=O) groups is 2. The molecule has 0 saturated carbocycles. The fraction of sp³-hybridized carbons (Fsp3) is 0.333. The molecule has 0 bridgehead atoms. The molecule has 0 fully saturated rings. The van der Waals surface area contributed by atoms with Gasteiger partial charge in [-0.15, -0.1) is 0 Å². The van der Waals surface area contributed by atoms with Crippen molar-refractivity contribution in [3.8, 4) is 11.5 Å². The lowest BCUT2D eigenvalue weighted by atomic mass is 9.89. The topological polar surface area (TPSA) is 82.1 Å². The molecule has 1 N–H and O–H groups in total. The summed E-state index contributed by atoms with van der Waals surface area (Å²) in [7, 11) is 4.25. The smallest absolute Gasteiger partial charge is 0.313 e. The molecular weight excluding hydrogens is 348 g/mol. The van der Waals surface area contributed by atoms with Gasteiger partial charge in [0.1, 0.15) is 11.5 Å². The zero-order valence-electron chi connectivity index (χ0n) is 15.7. The minimum absolute atomic E-state index is 0.0146. The highest BCUT2D eigenvalue weighted by Crippen LogP contribution is 2.31. The van der Waals surface area contributed by atoms with Crippen LogP contribution in [-0.4, -0.2) is 38.4 Å². The monoisotopic (exact) mass is 372 g/mol. The zero-order valence-corrected chi connectivity index (χ0v) is 15.7. The van der Waals surface area contributed by atoms with Crippen LogP contribution in [-0.2, 0) is 31.9 Å². The first-order valence-corrected chi connectivity index (χ1v) is 8.57. The summed E-state index contributed by atoms with van der Waals surface area (Å²) >= 11 is 0. The van der Waals surface area contributed by atoms with Gasteiger partial charge in [0.15, 0.2) is 0 Å². The molecule has 1 unspecified atom stereocenters. The molecule has 0 heterocycles. The summed E-state index contributed by atoms with van der Waals surface area (Å²) in [5.74, 6) is -0.679. The largest absolute Gasteiger partial charge is 0.508 e. The third-order valence-corrected chi connectivity index (χ3v) is 4.40. The van der Waals surface area contributed by atoms with E-state index >= 15 is 0 Å². The first kappa shape index (κ1) is 20.3. The van der Waals surface area contributed by atoms with Gasteiger partial charge in [-0.2, -0.15) is 0 Å². The number of aromatic hydroxyl groups is 1. The van der Waals surface area contributed by atoms with Crippen LogP contribution < -0.4 is 4.74 Å². The standard InChI is InChI=1S/C21H24O6/c1-25-16-8-4-14(5-9-16)13-18(21(24)27-3)17-12-15(6-10-19(17)22)7-11-20(23)26-2/h4-6,8-10,12,18,22H,7,11,13H2,1-3H3. The van der Waals surface area contributed by atoms with E-state index in [2.05, 4.69) is 4.74 Å². The van der Waals surface area contributed by atoms with Crippen LogP contribution in [0.25, 0.3) is 0 Å².